The van der Waals surface area contributed by atoms with Crippen LogP contribution in [0.3, 0.4) is 0 Å². The average Bonchev–Trinajstić information content (AvgIpc) is 3.72. The summed E-state index contributed by atoms with van der Waals surface area (Å²) in [5, 5.41) is 15.4. The molecular weight excluding hydrogens is 733 g/mol. The number of amides is 3. The number of para-hydroxylation sites is 1. The zero-order chi connectivity index (χ0) is 39.3. The van der Waals surface area contributed by atoms with E-state index >= 15 is 0 Å². The molecule has 3 amide bonds. The number of hydrogen-bond acceptors (Lipinski definition) is 13. The molecule has 8 rings (SSSR count). The molecule has 7 N–H and O–H groups in total. The van der Waals surface area contributed by atoms with Gasteiger partial charge in [-0.2, -0.15) is 0 Å². The van der Waals surface area contributed by atoms with Gasteiger partial charge >= 0.3 is 6.01 Å². The van der Waals surface area contributed by atoms with Gasteiger partial charge in [0.1, 0.15) is 23.5 Å². The molecule has 0 saturated carbocycles. The number of allylic oxidation sites excluding steroid dienone is 1. The highest BCUT2D eigenvalue weighted by Crippen LogP contribution is 2.42. The van der Waals surface area contributed by atoms with Crippen LogP contribution in [0.5, 0.6) is 11.8 Å². The Morgan fingerprint density at radius 1 is 1.11 bits per heavy atom. The summed E-state index contributed by atoms with van der Waals surface area (Å²) in [5.74, 6) is -2.39. The number of phenols is 1. The van der Waals surface area contributed by atoms with Gasteiger partial charge in [0.15, 0.2) is 11.6 Å². The zero-order valence-electron chi connectivity index (χ0n) is 30.3. The molecule has 0 spiro atoms. The summed E-state index contributed by atoms with van der Waals surface area (Å²) in [7, 11) is 0. The number of aromatic hydroxyl groups is 1. The van der Waals surface area contributed by atoms with Crippen molar-refractivity contribution >= 4 is 29.1 Å². The molecular formula is C38H41F3N10O5. The van der Waals surface area contributed by atoms with Crippen molar-refractivity contribution in [3.05, 3.63) is 94.5 Å². The van der Waals surface area contributed by atoms with Crippen LogP contribution in [0.25, 0.3) is 5.70 Å². The number of alkyl halides is 2. The van der Waals surface area contributed by atoms with Crippen molar-refractivity contribution < 1.29 is 37.4 Å². The molecule has 0 aliphatic carbocycles. The van der Waals surface area contributed by atoms with Gasteiger partial charge in [0.2, 0.25) is 11.8 Å². The van der Waals surface area contributed by atoms with Crippen molar-refractivity contribution in [2.75, 3.05) is 44.2 Å². The van der Waals surface area contributed by atoms with Gasteiger partial charge in [0, 0.05) is 99.1 Å². The van der Waals surface area contributed by atoms with Crippen LogP contribution in [-0.2, 0) is 22.7 Å². The van der Waals surface area contributed by atoms with E-state index in [4.69, 9.17) is 16.2 Å². The van der Waals surface area contributed by atoms with E-state index in [1.807, 2.05) is 18.2 Å². The molecule has 56 heavy (non-hydrogen) atoms. The van der Waals surface area contributed by atoms with Crippen LogP contribution < -0.4 is 31.7 Å². The Morgan fingerprint density at radius 2 is 1.88 bits per heavy atom. The predicted molar refractivity (Wildman–Crippen MR) is 196 cm³/mol. The summed E-state index contributed by atoms with van der Waals surface area (Å²) in [5.41, 5.74) is 14.1. The summed E-state index contributed by atoms with van der Waals surface area (Å²) >= 11 is 0. The fraction of sp³-hybridized carbons (Fsp3) is 0.395. The van der Waals surface area contributed by atoms with Crippen LogP contribution in [0.15, 0.2) is 66.4 Å². The quantitative estimate of drug-likeness (QED) is 0.197. The van der Waals surface area contributed by atoms with E-state index in [1.54, 1.807) is 17.3 Å². The number of nitrogens with two attached hydrogens (primary N) is 2. The Labute approximate surface area is 319 Å². The second-order valence-electron chi connectivity index (χ2n) is 14.7. The van der Waals surface area contributed by atoms with Crippen molar-refractivity contribution in [2.24, 2.45) is 11.5 Å². The maximum atomic E-state index is 14.8. The van der Waals surface area contributed by atoms with E-state index < -0.39 is 41.6 Å². The first-order valence-corrected chi connectivity index (χ1v) is 18.4. The minimum Gasteiger partial charge on any atom is -0.504 e. The van der Waals surface area contributed by atoms with Gasteiger partial charge in [-0.25, -0.2) is 23.1 Å². The number of phenolic OH excluding ortho intramolecular Hbond substituents is 1. The fourth-order valence-electron chi connectivity index (χ4n) is 8.23. The summed E-state index contributed by atoms with van der Waals surface area (Å²) in [6.45, 7) is 3.70. The molecule has 3 saturated heterocycles. The van der Waals surface area contributed by atoms with Crippen LogP contribution in [0.2, 0.25) is 0 Å². The highest BCUT2D eigenvalue weighted by molar-refractivity contribution is 6.05. The molecule has 3 aromatic rings. The Balaban J connectivity index is 0.868. The number of carbonyl (C=O) groups is 3. The number of rotatable bonds is 9. The third-order valence-corrected chi connectivity index (χ3v) is 11.3. The van der Waals surface area contributed by atoms with Crippen LogP contribution in [0.1, 0.15) is 46.3 Å². The molecule has 2 aromatic carbocycles. The summed E-state index contributed by atoms with van der Waals surface area (Å²) in [4.78, 5) is 53.6. The van der Waals surface area contributed by atoms with Gasteiger partial charge in [0.05, 0.1) is 12.2 Å². The van der Waals surface area contributed by atoms with Crippen molar-refractivity contribution in [1.82, 2.24) is 35.3 Å². The van der Waals surface area contributed by atoms with Gasteiger partial charge in [0.25, 0.3) is 12.3 Å². The summed E-state index contributed by atoms with van der Waals surface area (Å²) < 4.78 is 49.7. The van der Waals surface area contributed by atoms with Crippen LogP contribution in [0, 0.1) is 5.82 Å². The number of halogens is 3. The van der Waals surface area contributed by atoms with Gasteiger partial charge in [-0.1, -0.05) is 12.1 Å². The lowest BCUT2D eigenvalue weighted by atomic mass is 9.93. The number of carbonyl (C=O) groups excluding carboxylic acids is 3. The lowest BCUT2D eigenvalue weighted by Gasteiger charge is -2.43. The number of benzene rings is 2. The predicted octanol–water partition coefficient (Wildman–Crippen LogP) is 1.59. The van der Waals surface area contributed by atoms with E-state index in [2.05, 4.69) is 30.4 Å². The minimum atomic E-state index is -2.80. The van der Waals surface area contributed by atoms with Gasteiger partial charge in [-0.05, 0) is 42.3 Å². The van der Waals surface area contributed by atoms with Crippen LogP contribution in [0.4, 0.5) is 18.9 Å². The molecule has 15 nitrogen and oxygen atoms in total. The second-order valence-corrected chi connectivity index (χ2v) is 14.7. The van der Waals surface area contributed by atoms with E-state index in [0.29, 0.717) is 25.1 Å². The molecule has 18 heteroatoms. The molecule has 3 atom stereocenters. The Hall–Kier alpha value is -6.04. The number of nitrogens with one attached hydrogen (secondary N) is 2. The molecule has 5 aliphatic rings. The van der Waals surface area contributed by atoms with Crippen molar-refractivity contribution in [3.8, 4) is 11.8 Å². The number of piperidine rings is 1. The lowest BCUT2D eigenvalue weighted by molar-refractivity contribution is -0.136. The first-order valence-electron chi connectivity index (χ1n) is 18.4. The normalized spacial score (nSPS) is 24.4. The third kappa shape index (κ3) is 6.77. The maximum Gasteiger partial charge on any atom is 0.316 e. The van der Waals surface area contributed by atoms with Gasteiger partial charge in [-0.3, -0.25) is 24.6 Å². The SMILES string of the molecule is NC1=C(/C=C(\N)c2cccc(F)c2O)N2CC(Oc3ncc(CN4CCN(c5ccc6c(c5)C(=O)N(C5CCC(=O)NC5=O)C6)CC4)cn3)CC2(C(F)F)CN1. The largest absolute Gasteiger partial charge is 0.504 e. The van der Waals surface area contributed by atoms with Crippen molar-refractivity contribution in [1.29, 1.82) is 0 Å². The van der Waals surface area contributed by atoms with E-state index in [-0.39, 0.29) is 66.5 Å². The maximum absolute atomic E-state index is 14.8. The first-order chi connectivity index (χ1) is 26.9. The van der Waals surface area contributed by atoms with Crippen molar-refractivity contribution in [2.45, 2.75) is 56.5 Å². The topological polar surface area (TPSA) is 196 Å². The zero-order valence-corrected chi connectivity index (χ0v) is 30.3. The Bertz CT molecular complexity index is 2130. The highest BCUT2D eigenvalue weighted by Gasteiger charge is 2.56. The Kier molecular flexibility index (Phi) is 9.59. The van der Waals surface area contributed by atoms with Crippen LogP contribution >= 0.6 is 0 Å². The van der Waals surface area contributed by atoms with Crippen LogP contribution in [-0.4, -0.2) is 111 Å². The fourth-order valence-corrected chi connectivity index (χ4v) is 8.23. The number of hydrogen-bond donors (Lipinski definition) is 5. The number of piperazine rings is 1. The minimum absolute atomic E-state index is 0.000696. The van der Waals surface area contributed by atoms with Gasteiger partial charge < -0.3 is 41.3 Å². The standard InChI is InChI=1S/C38H41F3N10O5/c39-27-3-1-2-25(32(27)53)28(42)13-30-33(43)46-20-38(36(40)41)14-24(19-51(30)38)56-37-44-15-21(16-45-37)17-48-8-10-49(11-9-48)23-5-4-22-18-50(35(55)26(22)12-23)29-6-7-31(52)47-34(29)54/h1-5,12-13,15-16,24,29,36,46,53H,6-11,14,17-20,42-43H2,(H,47,52,54)/b28-13-. The molecule has 3 unspecified atom stereocenters. The number of aromatic nitrogens is 2. The average molecular weight is 775 g/mol. The molecule has 3 fully saturated rings. The smallest absolute Gasteiger partial charge is 0.316 e. The Morgan fingerprint density at radius 3 is 2.61 bits per heavy atom. The molecule has 5 aliphatic heterocycles. The summed E-state index contributed by atoms with van der Waals surface area (Å²) in [6, 6.07) is 9.07. The monoisotopic (exact) mass is 774 g/mol. The van der Waals surface area contributed by atoms with E-state index in [9.17, 15) is 32.7 Å². The third-order valence-electron chi connectivity index (χ3n) is 11.3. The molecule has 294 valence electrons. The van der Waals surface area contributed by atoms with Crippen molar-refractivity contribution in [3.63, 3.8) is 0 Å². The lowest BCUT2D eigenvalue weighted by Crippen LogP contribution is -2.59. The van der Waals surface area contributed by atoms with Gasteiger partial charge in [-0.15, -0.1) is 0 Å². The number of ether oxygens (including phenoxy) is 1. The van der Waals surface area contributed by atoms with E-state index in [1.165, 1.54) is 23.1 Å². The molecule has 0 radical (unpaired) electrons. The second kappa shape index (κ2) is 14.6. The van der Waals surface area contributed by atoms with E-state index in [0.717, 1.165) is 49.1 Å². The highest BCUT2D eigenvalue weighted by atomic mass is 19.3. The number of imide groups is 1. The number of anilines is 1. The summed E-state index contributed by atoms with van der Waals surface area (Å²) in [6.07, 6.45) is 1.58. The molecule has 0 bridgehead atoms. The number of fused-ring (bicyclic) bond motifs is 2. The molecule has 6 heterocycles. The first kappa shape index (κ1) is 36.9. The molecule has 1 aromatic heterocycles. The number of nitrogens with zero attached hydrogens (tertiary/aromatic N) is 6.